The van der Waals surface area contributed by atoms with Crippen LogP contribution in [0.2, 0.25) is 5.02 Å². The highest BCUT2D eigenvalue weighted by molar-refractivity contribution is 7.92. The molecule has 0 spiro atoms. The molecule has 11 heteroatoms. The third kappa shape index (κ3) is 8.87. The lowest BCUT2D eigenvalue weighted by atomic mass is 10.0. The first-order valence-electron chi connectivity index (χ1n) is 15.7. The van der Waals surface area contributed by atoms with Crippen molar-refractivity contribution in [3.63, 3.8) is 0 Å². The molecule has 1 N–H and O–H groups in total. The Balaban J connectivity index is 1.86. The maximum Gasteiger partial charge on any atom is 0.264 e. The van der Waals surface area contributed by atoms with E-state index in [1.54, 1.807) is 48.5 Å². The molecule has 0 bridgehead atoms. The first-order valence-corrected chi connectivity index (χ1v) is 17.5. The average Bonchev–Trinajstić information content (AvgIpc) is 3.09. The largest absolute Gasteiger partial charge is 0.493 e. The van der Waals surface area contributed by atoms with Gasteiger partial charge in [-0.05, 0) is 61.7 Å². The number of nitrogens with zero attached hydrogens (tertiary/aromatic N) is 2. The number of aryl methyl sites for hydroxylation is 1. The summed E-state index contributed by atoms with van der Waals surface area (Å²) < 4.78 is 40.6. The lowest BCUT2D eigenvalue weighted by molar-refractivity contribution is -0.140. The van der Waals surface area contributed by atoms with Crippen LogP contribution in [0.3, 0.4) is 0 Å². The molecule has 4 rings (SSSR count). The van der Waals surface area contributed by atoms with Crippen LogP contribution in [0.15, 0.2) is 102 Å². The summed E-state index contributed by atoms with van der Waals surface area (Å²) in [4.78, 5) is 30.1. The van der Waals surface area contributed by atoms with Gasteiger partial charge in [0.2, 0.25) is 11.8 Å². The second kappa shape index (κ2) is 16.5. The van der Waals surface area contributed by atoms with E-state index in [-0.39, 0.29) is 41.2 Å². The molecule has 0 heterocycles. The molecular formula is C37H42ClN3O6S. The van der Waals surface area contributed by atoms with E-state index in [9.17, 15) is 18.0 Å². The molecule has 2 amide bonds. The van der Waals surface area contributed by atoms with E-state index in [0.29, 0.717) is 22.8 Å². The van der Waals surface area contributed by atoms with Crippen molar-refractivity contribution in [2.24, 2.45) is 0 Å². The highest BCUT2D eigenvalue weighted by Gasteiger charge is 2.35. The molecule has 0 saturated heterocycles. The summed E-state index contributed by atoms with van der Waals surface area (Å²) in [7, 11) is -1.37. The number of methoxy groups -OCH3 is 2. The van der Waals surface area contributed by atoms with Gasteiger partial charge in [0.1, 0.15) is 12.6 Å². The predicted molar refractivity (Wildman–Crippen MR) is 189 cm³/mol. The van der Waals surface area contributed by atoms with Crippen LogP contribution in [0.25, 0.3) is 0 Å². The van der Waals surface area contributed by atoms with Crippen molar-refractivity contribution in [3.8, 4) is 11.5 Å². The summed E-state index contributed by atoms with van der Waals surface area (Å²) in [5, 5.41) is 3.45. The predicted octanol–water partition coefficient (Wildman–Crippen LogP) is 6.42. The van der Waals surface area contributed by atoms with Crippen LogP contribution in [0.5, 0.6) is 11.5 Å². The fourth-order valence-electron chi connectivity index (χ4n) is 5.15. The van der Waals surface area contributed by atoms with Gasteiger partial charge in [0.25, 0.3) is 10.0 Å². The zero-order valence-corrected chi connectivity index (χ0v) is 29.4. The Hall–Kier alpha value is -4.54. The number of carbonyl (C=O) groups is 2. The van der Waals surface area contributed by atoms with E-state index in [1.807, 2.05) is 51.1 Å². The number of benzene rings is 4. The lowest BCUT2D eigenvalue weighted by Crippen LogP contribution is -2.54. The smallest absolute Gasteiger partial charge is 0.264 e. The van der Waals surface area contributed by atoms with Gasteiger partial charge in [0.15, 0.2) is 11.5 Å². The Morgan fingerprint density at radius 1 is 0.875 bits per heavy atom. The van der Waals surface area contributed by atoms with Crippen molar-refractivity contribution in [1.82, 2.24) is 10.2 Å². The monoisotopic (exact) mass is 691 g/mol. The lowest BCUT2D eigenvalue weighted by Gasteiger charge is -2.34. The fraction of sp³-hybridized carbons (Fsp3) is 0.297. The van der Waals surface area contributed by atoms with Crippen LogP contribution in [-0.4, -0.2) is 58.0 Å². The minimum Gasteiger partial charge on any atom is -0.493 e. The number of halogens is 1. The van der Waals surface area contributed by atoms with Crippen molar-refractivity contribution in [2.45, 2.75) is 57.1 Å². The molecule has 0 aliphatic rings. The molecule has 4 aromatic rings. The number of amides is 2. The molecule has 4 aromatic carbocycles. The normalized spacial score (nSPS) is 12.5. The van der Waals surface area contributed by atoms with E-state index in [0.717, 1.165) is 15.4 Å². The maximum absolute atomic E-state index is 14.7. The Kier molecular flexibility index (Phi) is 12.5. The van der Waals surface area contributed by atoms with Crippen LogP contribution < -0.4 is 19.1 Å². The van der Waals surface area contributed by atoms with E-state index in [2.05, 4.69) is 5.32 Å². The summed E-state index contributed by atoms with van der Waals surface area (Å²) in [6, 6.07) is 26.3. The number of nitrogens with one attached hydrogen (secondary N) is 1. The van der Waals surface area contributed by atoms with Gasteiger partial charge in [-0.15, -0.1) is 0 Å². The number of hydrogen-bond acceptors (Lipinski definition) is 6. The van der Waals surface area contributed by atoms with Crippen LogP contribution in [0.4, 0.5) is 5.69 Å². The molecule has 0 aromatic heterocycles. The highest BCUT2D eigenvalue weighted by Crippen LogP contribution is 2.34. The third-order valence-electron chi connectivity index (χ3n) is 8.11. The molecular weight excluding hydrogens is 650 g/mol. The van der Waals surface area contributed by atoms with Crippen molar-refractivity contribution in [3.05, 3.63) is 119 Å². The Bertz CT molecular complexity index is 1800. The van der Waals surface area contributed by atoms with Crippen molar-refractivity contribution >= 4 is 39.1 Å². The SMILES string of the molecule is CC[C@H](C)NC(=O)[C@H](Cc1ccccc1)N(Cc1ccccc1Cl)C(=O)CN(c1ccc(OC)c(OC)c1)S(=O)(=O)c1ccc(C)cc1. The average molecular weight is 692 g/mol. The van der Waals surface area contributed by atoms with Gasteiger partial charge in [-0.3, -0.25) is 13.9 Å². The molecule has 9 nitrogen and oxygen atoms in total. The number of rotatable bonds is 15. The molecule has 0 radical (unpaired) electrons. The molecule has 0 fully saturated rings. The molecule has 0 saturated carbocycles. The molecule has 0 unspecified atom stereocenters. The van der Waals surface area contributed by atoms with Gasteiger partial charge in [0, 0.05) is 30.1 Å². The molecule has 0 aliphatic heterocycles. The van der Waals surface area contributed by atoms with Crippen molar-refractivity contribution in [1.29, 1.82) is 0 Å². The van der Waals surface area contributed by atoms with Crippen LogP contribution in [0.1, 0.15) is 37.0 Å². The third-order valence-corrected chi connectivity index (χ3v) is 10.3. The fourth-order valence-corrected chi connectivity index (χ4v) is 6.75. The topological polar surface area (TPSA) is 105 Å². The highest BCUT2D eigenvalue weighted by atomic mass is 35.5. The summed E-state index contributed by atoms with van der Waals surface area (Å²) >= 11 is 6.58. The Morgan fingerprint density at radius 3 is 2.15 bits per heavy atom. The minimum atomic E-state index is -4.29. The van der Waals surface area contributed by atoms with E-state index >= 15 is 0 Å². The molecule has 254 valence electrons. The van der Waals surface area contributed by atoms with Crippen LogP contribution >= 0.6 is 11.6 Å². The molecule has 48 heavy (non-hydrogen) atoms. The Morgan fingerprint density at radius 2 is 1.52 bits per heavy atom. The van der Waals surface area contributed by atoms with E-state index < -0.39 is 28.5 Å². The second-order valence-electron chi connectivity index (χ2n) is 11.5. The number of hydrogen-bond donors (Lipinski definition) is 1. The number of anilines is 1. The standard InChI is InChI=1S/C37H42ClN3O6S/c1-6-27(3)39-37(43)33(22-28-12-8-7-9-13-28)40(24-29-14-10-11-15-32(29)38)36(42)25-41(30-18-21-34(46-4)35(23-30)47-5)48(44,45)31-19-16-26(2)17-20-31/h7-21,23,27,33H,6,22,24-25H2,1-5H3,(H,39,43)/t27-,33-/m0/s1. The summed E-state index contributed by atoms with van der Waals surface area (Å²) in [6.45, 7) is 5.06. The van der Waals surface area contributed by atoms with Crippen molar-refractivity contribution in [2.75, 3.05) is 25.1 Å². The number of carbonyl (C=O) groups excluding carboxylic acids is 2. The minimum absolute atomic E-state index is 0.00341. The second-order valence-corrected chi connectivity index (χ2v) is 13.8. The summed E-state index contributed by atoms with van der Waals surface area (Å²) in [6.07, 6.45) is 0.879. The van der Waals surface area contributed by atoms with Gasteiger partial charge in [0.05, 0.1) is 24.8 Å². The van der Waals surface area contributed by atoms with Gasteiger partial charge in [-0.25, -0.2) is 8.42 Å². The van der Waals surface area contributed by atoms with E-state index in [4.69, 9.17) is 21.1 Å². The van der Waals surface area contributed by atoms with E-state index in [1.165, 1.54) is 37.3 Å². The summed E-state index contributed by atoms with van der Waals surface area (Å²) in [5.74, 6) is -0.270. The number of ether oxygens (including phenoxy) is 2. The molecule has 0 aliphatic carbocycles. The first-order chi connectivity index (χ1) is 23.0. The zero-order valence-electron chi connectivity index (χ0n) is 27.9. The first kappa shape index (κ1) is 36.3. The van der Waals surface area contributed by atoms with Crippen LogP contribution in [0, 0.1) is 6.92 Å². The molecule has 2 atom stereocenters. The van der Waals surface area contributed by atoms with Gasteiger partial charge in [-0.1, -0.05) is 84.8 Å². The maximum atomic E-state index is 14.7. The summed E-state index contributed by atoms with van der Waals surface area (Å²) in [5.41, 5.74) is 2.51. The van der Waals surface area contributed by atoms with Crippen LogP contribution in [-0.2, 0) is 32.6 Å². The van der Waals surface area contributed by atoms with Gasteiger partial charge < -0.3 is 19.7 Å². The van der Waals surface area contributed by atoms with Gasteiger partial charge >= 0.3 is 0 Å². The zero-order chi connectivity index (χ0) is 34.8. The van der Waals surface area contributed by atoms with Gasteiger partial charge in [-0.2, -0.15) is 0 Å². The van der Waals surface area contributed by atoms with Crippen molar-refractivity contribution < 1.29 is 27.5 Å². The Labute approximate surface area is 288 Å². The number of sulfonamides is 1. The quantitative estimate of drug-likeness (QED) is 0.154.